The molecule has 0 spiro atoms. The molecule has 0 aliphatic carbocycles. The topological polar surface area (TPSA) is 98.4 Å². The molecule has 180 valence electrons. The Morgan fingerprint density at radius 2 is 2.00 bits per heavy atom. The standard InChI is InChI=1S/C24H31N7O2S/c32-23(21-17-34-24(29-21)18-15-26-27-16-18)28-20-5-4-19(14-22(20)31-7-2-1-3-8-31)25-6-9-30-10-12-33-13-11-30/h4-5,14-17,25H,1-3,6-13H2,(H,26,27)(H,28,32). The molecule has 1 aromatic carbocycles. The van der Waals surface area contributed by atoms with Gasteiger partial charge >= 0.3 is 0 Å². The molecule has 2 aromatic heterocycles. The first-order chi connectivity index (χ1) is 16.8. The van der Waals surface area contributed by atoms with Crippen molar-refractivity contribution < 1.29 is 9.53 Å². The fourth-order valence-corrected chi connectivity index (χ4v) is 5.17. The van der Waals surface area contributed by atoms with Crippen LogP contribution in [0.3, 0.4) is 0 Å². The van der Waals surface area contributed by atoms with E-state index in [4.69, 9.17) is 4.74 Å². The highest BCUT2D eigenvalue weighted by Crippen LogP contribution is 2.32. The Hall–Kier alpha value is -2.95. The summed E-state index contributed by atoms with van der Waals surface area (Å²) in [5.41, 5.74) is 4.25. The molecule has 9 nitrogen and oxygen atoms in total. The number of H-pyrrole nitrogens is 1. The van der Waals surface area contributed by atoms with Crippen LogP contribution < -0.4 is 15.5 Å². The van der Waals surface area contributed by atoms with Crippen LogP contribution in [-0.2, 0) is 4.74 Å². The first kappa shape index (κ1) is 22.8. The second-order valence-electron chi connectivity index (χ2n) is 8.64. The lowest BCUT2D eigenvalue weighted by Gasteiger charge is -2.31. The summed E-state index contributed by atoms with van der Waals surface area (Å²) < 4.78 is 5.43. The van der Waals surface area contributed by atoms with Crippen molar-refractivity contribution in [3.63, 3.8) is 0 Å². The van der Waals surface area contributed by atoms with Crippen molar-refractivity contribution in [3.8, 4) is 10.6 Å². The van der Waals surface area contributed by atoms with Gasteiger partial charge in [0.15, 0.2) is 0 Å². The molecule has 2 fully saturated rings. The maximum Gasteiger partial charge on any atom is 0.275 e. The molecule has 34 heavy (non-hydrogen) atoms. The third-order valence-corrected chi connectivity index (χ3v) is 7.18. The molecular weight excluding hydrogens is 450 g/mol. The van der Waals surface area contributed by atoms with Gasteiger partial charge in [0.1, 0.15) is 10.7 Å². The Bertz CT molecular complexity index is 1070. The van der Waals surface area contributed by atoms with Crippen LogP contribution in [0.4, 0.5) is 17.1 Å². The molecule has 2 aliphatic heterocycles. The van der Waals surface area contributed by atoms with E-state index in [1.54, 1.807) is 17.8 Å². The highest BCUT2D eigenvalue weighted by molar-refractivity contribution is 7.13. The molecule has 0 atom stereocenters. The zero-order valence-corrected chi connectivity index (χ0v) is 20.1. The number of rotatable bonds is 8. The van der Waals surface area contributed by atoms with Crippen LogP contribution in [0.25, 0.3) is 10.6 Å². The van der Waals surface area contributed by atoms with Crippen molar-refractivity contribution in [1.29, 1.82) is 0 Å². The van der Waals surface area contributed by atoms with Crippen molar-refractivity contribution in [2.75, 3.05) is 68.0 Å². The van der Waals surface area contributed by atoms with Crippen LogP contribution in [0.1, 0.15) is 29.8 Å². The lowest BCUT2D eigenvalue weighted by molar-refractivity contribution is 0.0398. The number of carbonyl (C=O) groups is 1. The fraction of sp³-hybridized carbons (Fsp3) is 0.458. The smallest absolute Gasteiger partial charge is 0.275 e. The lowest BCUT2D eigenvalue weighted by atomic mass is 10.1. The number of morpholine rings is 1. The minimum Gasteiger partial charge on any atom is -0.384 e. The van der Waals surface area contributed by atoms with Gasteiger partial charge in [0.2, 0.25) is 0 Å². The molecule has 1 amide bonds. The Morgan fingerprint density at radius 1 is 1.15 bits per heavy atom. The van der Waals surface area contributed by atoms with Gasteiger partial charge in [-0.1, -0.05) is 0 Å². The third-order valence-electron chi connectivity index (χ3n) is 6.29. The number of thiazole rings is 1. The van der Waals surface area contributed by atoms with Gasteiger partial charge in [0.25, 0.3) is 5.91 Å². The first-order valence-electron chi connectivity index (χ1n) is 12.0. The number of hydrogen-bond donors (Lipinski definition) is 3. The Morgan fingerprint density at radius 3 is 2.79 bits per heavy atom. The summed E-state index contributed by atoms with van der Waals surface area (Å²) in [6.45, 7) is 7.48. The number of hydrogen-bond acceptors (Lipinski definition) is 8. The first-order valence-corrected chi connectivity index (χ1v) is 12.8. The summed E-state index contributed by atoms with van der Waals surface area (Å²) in [4.78, 5) is 22.3. The number of piperidine rings is 1. The molecule has 0 saturated carbocycles. The number of anilines is 3. The van der Waals surface area contributed by atoms with E-state index in [0.717, 1.165) is 80.1 Å². The van der Waals surface area contributed by atoms with Crippen molar-refractivity contribution >= 4 is 34.3 Å². The summed E-state index contributed by atoms with van der Waals surface area (Å²) >= 11 is 1.44. The van der Waals surface area contributed by atoms with Gasteiger partial charge in [0, 0.05) is 62.1 Å². The van der Waals surface area contributed by atoms with E-state index in [1.807, 2.05) is 12.1 Å². The highest BCUT2D eigenvalue weighted by atomic mass is 32.1. The zero-order chi connectivity index (χ0) is 23.2. The molecule has 4 heterocycles. The molecule has 2 aliphatic rings. The predicted octanol–water partition coefficient (Wildman–Crippen LogP) is 3.52. The van der Waals surface area contributed by atoms with Crippen LogP contribution in [0.5, 0.6) is 0 Å². The van der Waals surface area contributed by atoms with Crippen molar-refractivity contribution in [2.45, 2.75) is 19.3 Å². The van der Waals surface area contributed by atoms with E-state index in [9.17, 15) is 4.79 Å². The van der Waals surface area contributed by atoms with Crippen molar-refractivity contribution in [1.82, 2.24) is 20.1 Å². The Balaban J connectivity index is 1.28. The Kier molecular flexibility index (Phi) is 7.37. The SMILES string of the molecule is O=C(Nc1ccc(NCCN2CCOCC2)cc1N1CCCCC1)c1csc(-c2cn[nH]c2)n1. The van der Waals surface area contributed by atoms with Gasteiger partial charge in [-0.05, 0) is 37.5 Å². The van der Waals surface area contributed by atoms with E-state index < -0.39 is 0 Å². The maximum atomic E-state index is 13.0. The quantitative estimate of drug-likeness (QED) is 0.453. The minimum atomic E-state index is -0.197. The van der Waals surface area contributed by atoms with Crippen LogP contribution in [-0.4, -0.2) is 78.5 Å². The van der Waals surface area contributed by atoms with E-state index >= 15 is 0 Å². The molecule has 0 unspecified atom stereocenters. The number of aromatic nitrogens is 3. The van der Waals surface area contributed by atoms with Gasteiger partial charge in [-0.25, -0.2) is 4.98 Å². The number of nitrogens with zero attached hydrogens (tertiary/aromatic N) is 4. The number of nitrogens with one attached hydrogen (secondary N) is 3. The number of ether oxygens (including phenoxy) is 1. The largest absolute Gasteiger partial charge is 0.384 e. The van der Waals surface area contributed by atoms with Gasteiger partial charge in [-0.2, -0.15) is 5.10 Å². The maximum absolute atomic E-state index is 13.0. The van der Waals surface area contributed by atoms with Gasteiger partial charge in [-0.15, -0.1) is 11.3 Å². The van der Waals surface area contributed by atoms with E-state index in [0.29, 0.717) is 5.69 Å². The van der Waals surface area contributed by atoms with Crippen LogP contribution in [0.2, 0.25) is 0 Å². The van der Waals surface area contributed by atoms with E-state index in [-0.39, 0.29) is 5.91 Å². The number of amides is 1. The van der Waals surface area contributed by atoms with Crippen LogP contribution >= 0.6 is 11.3 Å². The molecule has 10 heteroatoms. The lowest BCUT2D eigenvalue weighted by Crippen LogP contribution is -2.39. The highest BCUT2D eigenvalue weighted by Gasteiger charge is 2.19. The summed E-state index contributed by atoms with van der Waals surface area (Å²) in [5.74, 6) is -0.197. The molecule has 3 aromatic rings. The van der Waals surface area contributed by atoms with Gasteiger partial charge < -0.3 is 20.3 Å². The second-order valence-corrected chi connectivity index (χ2v) is 9.50. The minimum absolute atomic E-state index is 0.197. The summed E-state index contributed by atoms with van der Waals surface area (Å²) in [6.07, 6.45) is 7.08. The average molecular weight is 482 g/mol. The zero-order valence-electron chi connectivity index (χ0n) is 19.3. The van der Waals surface area contributed by atoms with E-state index in [2.05, 4.69) is 41.7 Å². The Labute approximate surface area is 203 Å². The van der Waals surface area contributed by atoms with Crippen molar-refractivity contribution in [2.24, 2.45) is 0 Å². The molecule has 2 saturated heterocycles. The van der Waals surface area contributed by atoms with Gasteiger partial charge in [0.05, 0.1) is 30.8 Å². The summed E-state index contributed by atoms with van der Waals surface area (Å²) in [5, 5.41) is 16.0. The molecule has 0 bridgehead atoms. The predicted molar refractivity (Wildman–Crippen MR) is 136 cm³/mol. The average Bonchev–Trinajstić information content (AvgIpc) is 3.59. The number of aromatic amines is 1. The summed E-state index contributed by atoms with van der Waals surface area (Å²) in [7, 11) is 0. The molecule has 3 N–H and O–H groups in total. The number of carbonyl (C=O) groups excluding carboxylic acids is 1. The fourth-order valence-electron chi connectivity index (χ4n) is 4.39. The second kappa shape index (κ2) is 11.0. The number of benzene rings is 1. The monoisotopic (exact) mass is 481 g/mol. The van der Waals surface area contributed by atoms with E-state index in [1.165, 1.54) is 30.6 Å². The molecular formula is C24H31N7O2S. The molecule has 0 radical (unpaired) electrons. The van der Waals surface area contributed by atoms with Gasteiger partial charge in [-0.3, -0.25) is 14.8 Å². The third kappa shape index (κ3) is 5.57. The van der Waals surface area contributed by atoms with Crippen molar-refractivity contribution in [3.05, 3.63) is 41.7 Å². The van der Waals surface area contributed by atoms with Crippen LogP contribution in [0.15, 0.2) is 36.0 Å². The molecule has 5 rings (SSSR count). The normalized spacial score (nSPS) is 17.0. The van der Waals surface area contributed by atoms with Crippen LogP contribution in [0, 0.1) is 0 Å². The summed E-state index contributed by atoms with van der Waals surface area (Å²) in [6, 6.07) is 6.21.